The number of hydrogen-bond donors (Lipinski definition) is 2. The van der Waals surface area contributed by atoms with Crippen LogP contribution < -0.4 is 10.6 Å². The zero-order chi connectivity index (χ0) is 28.4. The van der Waals surface area contributed by atoms with Gasteiger partial charge in [0.05, 0.1) is 25.3 Å². The molecule has 40 heavy (non-hydrogen) atoms. The molecule has 2 aromatic heterocycles. The van der Waals surface area contributed by atoms with Crippen molar-refractivity contribution in [3.8, 4) is 23.6 Å². The van der Waals surface area contributed by atoms with E-state index in [9.17, 15) is 4.79 Å². The molecule has 1 amide bonds. The van der Waals surface area contributed by atoms with Gasteiger partial charge in [-0.25, -0.2) is 14.8 Å². The number of morpholine rings is 1. The molecule has 0 spiro atoms. The summed E-state index contributed by atoms with van der Waals surface area (Å²) in [4.78, 5) is 27.9. The third kappa shape index (κ3) is 5.53. The SMILES string of the molecule is C#CC1CCC(Cn2c(N3[C@H](C)COC[C@H]3C=C)nc3nc(C(=N)OC(N)=O)nc(-c4cccc(Cl)c4)c32)CC1. The average molecular weight is 562 g/mol. The predicted molar refractivity (Wildman–Crippen MR) is 154 cm³/mol. The summed E-state index contributed by atoms with van der Waals surface area (Å²) in [6.45, 7) is 7.84. The lowest BCUT2D eigenvalue weighted by Gasteiger charge is -2.40. The van der Waals surface area contributed by atoms with Crippen molar-refractivity contribution in [2.24, 2.45) is 17.6 Å². The molecule has 1 aliphatic carbocycles. The zero-order valence-corrected chi connectivity index (χ0v) is 23.1. The number of nitrogens with one attached hydrogen (secondary N) is 1. The van der Waals surface area contributed by atoms with Crippen LogP contribution in [-0.2, 0) is 16.0 Å². The molecule has 2 atom stereocenters. The fourth-order valence-electron chi connectivity index (χ4n) is 5.62. The van der Waals surface area contributed by atoms with Gasteiger partial charge in [0.25, 0.3) is 5.90 Å². The van der Waals surface area contributed by atoms with Crippen LogP contribution >= 0.6 is 11.6 Å². The van der Waals surface area contributed by atoms with Gasteiger partial charge in [-0.15, -0.1) is 18.9 Å². The van der Waals surface area contributed by atoms with E-state index in [0.717, 1.165) is 25.7 Å². The van der Waals surface area contributed by atoms with Gasteiger partial charge < -0.3 is 24.7 Å². The van der Waals surface area contributed by atoms with E-state index >= 15 is 0 Å². The second-order valence-corrected chi connectivity index (χ2v) is 10.8. The van der Waals surface area contributed by atoms with Crippen molar-refractivity contribution in [2.75, 3.05) is 18.1 Å². The Labute approximate surface area is 238 Å². The molecule has 10 nitrogen and oxygen atoms in total. The van der Waals surface area contributed by atoms with Crippen molar-refractivity contribution in [1.82, 2.24) is 19.5 Å². The standard InChI is InChI=1S/C29H32ClN7O3/c1-4-18-9-11-19(12-10-18)14-36-24-23(20-7-6-8-21(30)13-20)33-27(25(31)40-28(32)38)34-26(24)35-29(36)37-17(3)15-39-16-22(37)5-2/h1,5-8,13,17-19,22,31H,2,9-12,14-16H2,3H3,(H2,32,38)/t17-,18?,19?,22-/m1/s1. The molecule has 11 heteroatoms. The molecule has 1 aromatic carbocycles. The van der Waals surface area contributed by atoms with Crippen LogP contribution in [0.15, 0.2) is 36.9 Å². The quantitative estimate of drug-likeness (QED) is 0.191. The summed E-state index contributed by atoms with van der Waals surface area (Å²) in [5.74, 6) is 3.64. The lowest BCUT2D eigenvalue weighted by atomic mass is 9.82. The second kappa shape index (κ2) is 11.7. The Bertz CT molecular complexity index is 1490. The molecule has 3 N–H and O–H groups in total. The van der Waals surface area contributed by atoms with Crippen LogP contribution in [0, 0.1) is 29.6 Å². The number of carbonyl (C=O) groups excluding carboxylic acids is 1. The number of fused-ring (bicyclic) bond motifs is 1. The number of hydrogen-bond acceptors (Lipinski definition) is 8. The topological polar surface area (TPSA) is 132 Å². The number of benzene rings is 1. The highest BCUT2D eigenvalue weighted by Gasteiger charge is 2.34. The van der Waals surface area contributed by atoms with Crippen LogP contribution in [0.4, 0.5) is 10.7 Å². The minimum Gasteiger partial charge on any atom is -0.388 e. The fraction of sp³-hybridized carbons (Fsp3) is 0.414. The number of amides is 1. The maximum atomic E-state index is 11.4. The average Bonchev–Trinajstić information content (AvgIpc) is 3.29. The van der Waals surface area contributed by atoms with Gasteiger partial charge in [0.2, 0.25) is 11.8 Å². The number of rotatable bonds is 6. The van der Waals surface area contributed by atoms with Crippen molar-refractivity contribution in [1.29, 1.82) is 5.41 Å². The Morgan fingerprint density at radius 1 is 1.30 bits per heavy atom. The minimum atomic E-state index is -1.12. The maximum Gasteiger partial charge on any atom is 0.411 e. The van der Waals surface area contributed by atoms with E-state index in [2.05, 4.69) is 38.9 Å². The zero-order valence-electron chi connectivity index (χ0n) is 22.3. The van der Waals surface area contributed by atoms with E-state index in [4.69, 9.17) is 43.6 Å². The molecule has 0 radical (unpaired) electrons. The van der Waals surface area contributed by atoms with Crippen molar-refractivity contribution in [2.45, 2.75) is 51.2 Å². The number of terminal acetylenes is 1. The molecule has 1 saturated carbocycles. The van der Waals surface area contributed by atoms with E-state index in [1.165, 1.54) is 0 Å². The van der Waals surface area contributed by atoms with Crippen molar-refractivity contribution in [3.63, 3.8) is 0 Å². The van der Waals surface area contributed by atoms with Crippen LogP contribution in [-0.4, -0.2) is 56.8 Å². The summed E-state index contributed by atoms with van der Waals surface area (Å²) >= 11 is 6.38. The highest BCUT2D eigenvalue weighted by Crippen LogP contribution is 2.37. The van der Waals surface area contributed by atoms with E-state index in [0.29, 0.717) is 65.0 Å². The normalized spacial score (nSPS) is 23.0. The first-order valence-corrected chi connectivity index (χ1v) is 13.7. The monoisotopic (exact) mass is 561 g/mol. The van der Waals surface area contributed by atoms with E-state index < -0.39 is 12.0 Å². The number of ether oxygens (including phenoxy) is 2. The van der Waals surface area contributed by atoms with Gasteiger partial charge >= 0.3 is 6.09 Å². The second-order valence-electron chi connectivity index (χ2n) is 10.3. The number of carbonyl (C=O) groups is 1. The molecule has 3 aromatic rings. The summed E-state index contributed by atoms with van der Waals surface area (Å²) in [5.41, 5.74) is 7.48. The van der Waals surface area contributed by atoms with Gasteiger partial charge in [0.1, 0.15) is 11.2 Å². The van der Waals surface area contributed by atoms with Gasteiger partial charge in [0, 0.05) is 23.0 Å². The number of halogens is 1. The molecule has 3 heterocycles. The van der Waals surface area contributed by atoms with Crippen LogP contribution in [0.3, 0.4) is 0 Å². The number of imidazole rings is 1. The highest BCUT2D eigenvalue weighted by molar-refractivity contribution is 6.30. The molecular formula is C29H32ClN7O3. The van der Waals surface area contributed by atoms with E-state index in [1.54, 1.807) is 12.1 Å². The largest absolute Gasteiger partial charge is 0.411 e. The van der Waals surface area contributed by atoms with Crippen LogP contribution in [0.1, 0.15) is 38.4 Å². The molecule has 2 fully saturated rings. The number of nitrogens with zero attached hydrogens (tertiary/aromatic N) is 5. The van der Waals surface area contributed by atoms with Gasteiger partial charge in [0.15, 0.2) is 5.65 Å². The highest BCUT2D eigenvalue weighted by atomic mass is 35.5. The number of anilines is 1. The predicted octanol–water partition coefficient (Wildman–Crippen LogP) is 4.79. The molecule has 1 aliphatic heterocycles. The Morgan fingerprint density at radius 3 is 2.75 bits per heavy atom. The van der Waals surface area contributed by atoms with Gasteiger partial charge in [-0.2, -0.15) is 4.98 Å². The van der Waals surface area contributed by atoms with Crippen molar-refractivity contribution >= 4 is 40.7 Å². The van der Waals surface area contributed by atoms with Crippen LogP contribution in [0.25, 0.3) is 22.4 Å². The summed E-state index contributed by atoms with van der Waals surface area (Å²) < 4.78 is 12.8. The Kier molecular flexibility index (Phi) is 8.05. The number of aromatic nitrogens is 4. The molecule has 0 unspecified atom stereocenters. The van der Waals surface area contributed by atoms with Crippen LogP contribution in [0.5, 0.6) is 0 Å². The molecule has 0 bridgehead atoms. The van der Waals surface area contributed by atoms with Crippen LogP contribution in [0.2, 0.25) is 5.02 Å². The first-order chi connectivity index (χ1) is 19.3. The molecule has 5 rings (SSSR count). The summed E-state index contributed by atoms with van der Waals surface area (Å²) in [6, 6.07) is 7.20. The summed E-state index contributed by atoms with van der Waals surface area (Å²) in [6.07, 6.45) is 10.4. The fourth-order valence-corrected chi connectivity index (χ4v) is 5.81. The number of nitrogens with two attached hydrogens (primary N) is 1. The maximum absolute atomic E-state index is 11.4. The lowest BCUT2D eigenvalue weighted by Crippen LogP contribution is -2.51. The number of primary amides is 1. The molecule has 2 aliphatic rings. The first-order valence-electron chi connectivity index (χ1n) is 13.3. The minimum absolute atomic E-state index is 0.0167. The Morgan fingerprint density at radius 2 is 2.08 bits per heavy atom. The summed E-state index contributed by atoms with van der Waals surface area (Å²) in [7, 11) is 0. The van der Waals surface area contributed by atoms with E-state index in [1.807, 2.05) is 18.2 Å². The lowest BCUT2D eigenvalue weighted by molar-refractivity contribution is 0.0809. The van der Waals surface area contributed by atoms with E-state index in [-0.39, 0.29) is 17.9 Å². The van der Waals surface area contributed by atoms with Crippen molar-refractivity contribution < 1.29 is 14.3 Å². The molecular weight excluding hydrogens is 530 g/mol. The van der Waals surface area contributed by atoms with Crippen molar-refractivity contribution in [3.05, 3.63) is 47.8 Å². The van der Waals surface area contributed by atoms with Gasteiger partial charge in [-0.3, -0.25) is 5.41 Å². The first kappa shape index (κ1) is 27.6. The third-order valence-corrected chi connectivity index (χ3v) is 7.83. The Balaban J connectivity index is 1.73. The molecule has 1 saturated heterocycles. The smallest absolute Gasteiger partial charge is 0.388 e. The Hall–Kier alpha value is -3.94. The summed E-state index contributed by atoms with van der Waals surface area (Å²) in [5, 5.41) is 8.79. The van der Waals surface area contributed by atoms with Gasteiger partial charge in [-0.05, 0) is 50.7 Å². The molecule has 208 valence electrons. The third-order valence-electron chi connectivity index (χ3n) is 7.59. The van der Waals surface area contributed by atoms with Gasteiger partial charge in [-0.1, -0.05) is 29.8 Å².